The highest BCUT2D eigenvalue weighted by Crippen LogP contribution is 2.41. The van der Waals surface area contributed by atoms with E-state index in [0.29, 0.717) is 18.1 Å². The molecule has 0 aliphatic heterocycles. The lowest BCUT2D eigenvalue weighted by Crippen LogP contribution is -2.35. The molecular formula is C16H24N2. The molecule has 3 rings (SSSR count). The van der Waals surface area contributed by atoms with Gasteiger partial charge in [-0.3, -0.25) is 0 Å². The van der Waals surface area contributed by atoms with Crippen molar-refractivity contribution in [2.75, 3.05) is 0 Å². The van der Waals surface area contributed by atoms with Crippen molar-refractivity contribution in [1.29, 1.82) is 0 Å². The average Bonchev–Trinajstić information content (AvgIpc) is 3.01. The highest BCUT2D eigenvalue weighted by Gasteiger charge is 2.40. The Hall–Kier alpha value is -0.860. The topological polar surface area (TPSA) is 38.0 Å². The van der Waals surface area contributed by atoms with Crippen molar-refractivity contribution in [2.24, 2.45) is 11.7 Å². The minimum absolute atomic E-state index is 0.448. The van der Waals surface area contributed by atoms with E-state index in [-0.39, 0.29) is 0 Å². The smallest absolute Gasteiger partial charge is 0.0145 e. The third-order valence-corrected chi connectivity index (χ3v) is 4.72. The van der Waals surface area contributed by atoms with Crippen molar-refractivity contribution in [3.63, 3.8) is 0 Å². The molecule has 2 heteroatoms. The minimum Gasteiger partial charge on any atom is -0.328 e. The van der Waals surface area contributed by atoms with Gasteiger partial charge in [0.05, 0.1) is 0 Å². The van der Waals surface area contributed by atoms with Crippen LogP contribution in [0.2, 0.25) is 0 Å². The van der Waals surface area contributed by atoms with Crippen LogP contribution in [0.25, 0.3) is 0 Å². The predicted octanol–water partition coefficient (Wildman–Crippen LogP) is 2.65. The highest BCUT2D eigenvalue weighted by atomic mass is 15.0. The van der Waals surface area contributed by atoms with Crippen molar-refractivity contribution < 1.29 is 0 Å². The Kier molecular flexibility index (Phi) is 3.40. The molecule has 5 atom stereocenters. The van der Waals surface area contributed by atoms with E-state index < -0.39 is 0 Å². The average molecular weight is 244 g/mol. The molecule has 18 heavy (non-hydrogen) atoms. The number of benzene rings is 1. The maximum absolute atomic E-state index is 6.00. The van der Waals surface area contributed by atoms with E-state index in [9.17, 15) is 0 Å². The second-order valence-corrected chi connectivity index (χ2v) is 6.15. The first-order valence-electron chi connectivity index (χ1n) is 7.30. The Morgan fingerprint density at radius 2 is 1.94 bits per heavy atom. The first kappa shape index (κ1) is 12.2. The summed E-state index contributed by atoms with van der Waals surface area (Å²) in [7, 11) is 0. The van der Waals surface area contributed by atoms with E-state index in [4.69, 9.17) is 5.73 Å². The van der Waals surface area contributed by atoms with E-state index in [1.54, 1.807) is 0 Å². The molecule has 2 fully saturated rings. The van der Waals surface area contributed by atoms with Crippen LogP contribution in [0.5, 0.6) is 0 Å². The summed E-state index contributed by atoms with van der Waals surface area (Å²) >= 11 is 0. The van der Waals surface area contributed by atoms with Crippen LogP contribution in [-0.4, -0.2) is 18.1 Å². The Bertz CT molecular complexity index is 389. The summed E-state index contributed by atoms with van der Waals surface area (Å²) < 4.78 is 0. The van der Waals surface area contributed by atoms with Crippen LogP contribution in [0.3, 0.4) is 0 Å². The standard InChI is InChI=1S/C16H24N2/c1-11(13-7-8-14(17)9-13)18-16-10-15(16)12-5-3-2-4-6-12/h2-6,11,13-16,18H,7-10,17H2,1H3/t11?,13?,14-,15?,16-/m1/s1. The monoisotopic (exact) mass is 244 g/mol. The molecule has 98 valence electrons. The van der Waals surface area contributed by atoms with Crippen LogP contribution in [0, 0.1) is 5.92 Å². The Balaban J connectivity index is 1.51. The van der Waals surface area contributed by atoms with Gasteiger partial charge in [-0.25, -0.2) is 0 Å². The minimum atomic E-state index is 0.448. The van der Waals surface area contributed by atoms with Gasteiger partial charge in [0.25, 0.3) is 0 Å². The largest absolute Gasteiger partial charge is 0.328 e. The molecule has 2 aliphatic rings. The fourth-order valence-corrected chi connectivity index (χ4v) is 3.43. The fraction of sp³-hybridized carbons (Fsp3) is 0.625. The molecule has 0 aromatic heterocycles. The molecule has 1 aromatic carbocycles. The van der Waals surface area contributed by atoms with E-state index in [2.05, 4.69) is 42.6 Å². The van der Waals surface area contributed by atoms with Gasteiger partial charge in [0.2, 0.25) is 0 Å². The molecule has 3 N–H and O–H groups in total. The van der Waals surface area contributed by atoms with E-state index in [0.717, 1.165) is 11.8 Å². The van der Waals surface area contributed by atoms with Crippen molar-refractivity contribution in [3.8, 4) is 0 Å². The summed E-state index contributed by atoms with van der Waals surface area (Å²) in [6, 6.07) is 12.6. The third-order valence-electron chi connectivity index (χ3n) is 4.72. The third kappa shape index (κ3) is 2.60. The Morgan fingerprint density at radius 1 is 1.17 bits per heavy atom. The second-order valence-electron chi connectivity index (χ2n) is 6.15. The molecule has 2 saturated carbocycles. The van der Waals surface area contributed by atoms with Crippen molar-refractivity contribution in [1.82, 2.24) is 5.32 Å². The predicted molar refractivity (Wildman–Crippen MR) is 75.5 cm³/mol. The maximum Gasteiger partial charge on any atom is 0.0145 e. The van der Waals surface area contributed by atoms with Crippen LogP contribution in [0.1, 0.15) is 44.1 Å². The second kappa shape index (κ2) is 5.02. The van der Waals surface area contributed by atoms with E-state index in [1.165, 1.54) is 31.2 Å². The van der Waals surface area contributed by atoms with Crippen LogP contribution in [-0.2, 0) is 0 Å². The van der Waals surface area contributed by atoms with Crippen molar-refractivity contribution in [2.45, 2.75) is 56.7 Å². The van der Waals surface area contributed by atoms with Crippen LogP contribution in [0.4, 0.5) is 0 Å². The normalized spacial score (nSPS) is 36.6. The van der Waals surface area contributed by atoms with Gasteiger partial charge in [0.1, 0.15) is 0 Å². The first-order chi connectivity index (χ1) is 8.74. The SMILES string of the molecule is CC(N[C@@H]1CC1c1ccccc1)C1CC[C@@H](N)C1. The first-order valence-corrected chi connectivity index (χ1v) is 7.30. The van der Waals surface area contributed by atoms with Gasteiger partial charge in [0.15, 0.2) is 0 Å². The van der Waals surface area contributed by atoms with Gasteiger partial charge in [-0.15, -0.1) is 0 Å². The van der Waals surface area contributed by atoms with Crippen LogP contribution < -0.4 is 11.1 Å². The lowest BCUT2D eigenvalue weighted by Gasteiger charge is -2.21. The lowest BCUT2D eigenvalue weighted by molar-refractivity contribution is 0.374. The maximum atomic E-state index is 6.00. The molecule has 0 spiro atoms. The van der Waals surface area contributed by atoms with Crippen LogP contribution >= 0.6 is 0 Å². The number of rotatable bonds is 4. The number of hydrogen-bond donors (Lipinski definition) is 2. The summed E-state index contributed by atoms with van der Waals surface area (Å²) in [6.07, 6.45) is 5.02. The van der Waals surface area contributed by atoms with Gasteiger partial charge < -0.3 is 11.1 Å². The quantitative estimate of drug-likeness (QED) is 0.854. The Labute approximate surface area is 110 Å². The van der Waals surface area contributed by atoms with Gasteiger partial charge in [-0.05, 0) is 44.1 Å². The van der Waals surface area contributed by atoms with Gasteiger partial charge in [0, 0.05) is 24.0 Å². The molecule has 3 unspecified atom stereocenters. The van der Waals surface area contributed by atoms with Gasteiger partial charge >= 0.3 is 0 Å². The van der Waals surface area contributed by atoms with Crippen LogP contribution in [0.15, 0.2) is 30.3 Å². The summed E-state index contributed by atoms with van der Waals surface area (Å²) in [5, 5.41) is 3.81. The molecule has 0 saturated heterocycles. The van der Waals surface area contributed by atoms with Gasteiger partial charge in [-0.2, -0.15) is 0 Å². The van der Waals surface area contributed by atoms with E-state index >= 15 is 0 Å². The Morgan fingerprint density at radius 3 is 2.61 bits per heavy atom. The molecule has 1 aromatic rings. The van der Waals surface area contributed by atoms with Crippen molar-refractivity contribution in [3.05, 3.63) is 35.9 Å². The molecular weight excluding hydrogens is 220 g/mol. The summed E-state index contributed by atoms with van der Waals surface area (Å²) in [4.78, 5) is 0. The molecule has 2 nitrogen and oxygen atoms in total. The molecule has 2 aliphatic carbocycles. The summed E-state index contributed by atoms with van der Waals surface area (Å²) in [6.45, 7) is 2.34. The molecule has 0 radical (unpaired) electrons. The van der Waals surface area contributed by atoms with Crippen molar-refractivity contribution >= 4 is 0 Å². The number of nitrogens with two attached hydrogens (primary N) is 1. The highest BCUT2D eigenvalue weighted by molar-refractivity contribution is 5.27. The van der Waals surface area contributed by atoms with E-state index in [1.807, 2.05) is 0 Å². The molecule has 0 bridgehead atoms. The zero-order valence-electron chi connectivity index (χ0n) is 11.2. The number of hydrogen-bond acceptors (Lipinski definition) is 2. The zero-order valence-corrected chi connectivity index (χ0v) is 11.2. The summed E-state index contributed by atoms with van der Waals surface area (Å²) in [5.41, 5.74) is 7.49. The molecule has 0 amide bonds. The van der Waals surface area contributed by atoms with Gasteiger partial charge in [-0.1, -0.05) is 30.3 Å². The number of nitrogens with one attached hydrogen (secondary N) is 1. The fourth-order valence-electron chi connectivity index (χ4n) is 3.43. The lowest BCUT2D eigenvalue weighted by atomic mass is 9.99. The summed E-state index contributed by atoms with van der Waals surface area (Å²) in [5.74, 6) is 1.53. The zero-order chi connectivity index (χ0) is 12.5. The molecule has 0 heterocycles.